The van der Waals surface area contributed by atoms with Crippen LogP contribution in [0.2, 0.25) is 0 Å². The molecule has 0 aromatic heterocycles. The van der Waals surface area contributed by atoms with Crippen LogP contribution < -0.4 is 6.15 Å². The van der Waals surface area contributed by atoms with Gasteiger partial charge in [0, 0.05) is 0 Å². The molecule has 0 aromatic rings. The van der Waals surface area contributed by atoms with Crippen molar-refractivity contribution in [2.45, 2.75) is 40.0 Å². The van der Waals surface area contributed by atoms with Crippen molar-refractivity contribution in [2.24, 2.45) is 0 Å². The lowest BCUT2D eigenvalue weighted by Gasteiger charge is -1.95. The highest BCUT2D eigenvalue weighted by atomic mass is 14.0. The topological polar surface area (TPSA) is 35.0 Å². The minimum absolute atomic E-state index is 0. The quantitative estimate of drug-likeness (QED) is 0.583. The molecule has 0 unspecified atom stereocenters. The Morgan fingerprint density at radius 1 is 1.11 bits per heavy atom. The van der Waals surface area contributed by atoms with Crippen LogP contribution in [0, 0.1) is 0 Å². The van der Waals surface area contributed by atoms with Gasteiger partial charge in [0.25, 0.3) is 0 Å². The molecule has 0 radical (unpaired) electrons. The van der Waals surface area contributed by atoms with Crippen LogP contribution in [0.15, 0.2) is 11.6 Å². The third kappa shape index (κ3) is 5.57. The zero-order valence-corrected chi connectivity index (χ0v) is 6.91. The lowest BCUT2D eigenvalue weighted by atomic mass is 10.1. The fourth-order valence-corrected chi connectivity index (χ4v) is 0.827. The lowest BCUT2D eigenvalue weighted by molar-refractivity contribution is 0.955. The van der Waals surface area contributed by atoms with E-state index in [9.17, 15) is 0 Å². The highest BCUT2D eigenvalue weighted by molar-refractivity contribution is 4.99. The van der Waals surface area contributed by atoms with Gasteiger partial charge in [0.2, 0.25) is 0 Å². The normalized spacial score (nSPS) is 7.89. The maximum absolute atomic E-state index is 2.32. The lowest BCUT2D eigenvalue weighted by Crippen LogP contribution is -1.74. The van der Waals surface area contributed by atoms with Crippen molar-refractivity contribution in [1.29, 1.82) is 0 Å². The van der Waals surface area contributed by atoms with Gasteiger partial charge in [-0.15, -0.1) is 0 Å². The van der Waals surface area contributed by atoms with Crippen LogP contribution in [0.4, 0.5) is 0 Å². The maximum Gasteiger partial charge on any atom is -0.0349 e. The Balaban J connectivity index is 0. The first kappa shape index (κ1) is 11.5. The molecule has 1 nitrogen and oxygen atoms in total. The SMILES string of the molecule is CCC=C(CC)CC.N. The minimum Gasteiger partial charge on any atom is -0.344 e. The van der Waals surface area contributed by atoms with E-state index >= 15 is 0 Å². The summed E-state index contributed by atoms with van der Waals surface area (Å²) in [4.78, 5) is 0. The van der Waals surface area contributed by atoms with Crippen LogP contribution in [0.3, 0.4) is 0 Å². The van der Waals surface area contributed by atoms with E-state index in [1.807, 2.05) is 0 Å². The molecule has 0 spiro atoms. The van der Waals surface area contributed by atoms with E-state index < -0.39 is 0 Å². The monoisotopic (exact) mass is 129 g/mol. The van der Waals surface area contributed by atoms with Crippen LogP contribution in [0.25, 0.3) is 0 Å². The third-order valence-electron chi connectivity index (χ3n) is 1.40. The molecule has 0 bridgehead atoms. The highest BCUT2D eigenvalue weighted by Crippen LogP contribution is 2.05. The van der Waals surface area contributed by atoms with Gasteiger partial charge in [-0.05, 0) is 19.3 Å². The van der Waals surface area contributed by atoms with Crippen LogP contribution in [-0.2, 0) is 0 Å². The molecule has 0 fully saturated rings. The fourth-order valence-electron chi connectivity index (χ4n) is 0.827. The molecule has 56 valence electrons. The van der Waals surface area contributed by atoms with E-state index in [-0.39, 0.29) is 6.15 Å². The van der Waals surface area contributed by atoms with Crippen molar-refractivity contribution in [3.05, 3.63) is 11.6 Å². The Hall–Kier alpha value is -0.300. The first-order valence-corrected chi connectivity index (χ1v) is 3.53. The molecule has 0 aliphatic rings. The Bertz CT molecular complexity index is 68.6. The van der Waals surface area contributed by atoms with Gasteiger partial charge >= 0.3 is 0 Å². The summed E-state index contributed by atoms with van der Waals surface area (Å²) in [5.74, 6) is 0. The second-order valence-corrected chi connectivity index (χ2v) is 1.98. The van der Waals surface area contributed by atoms with E-state index in [1.54, 1.807) is 5.57 Å². The number of rotatable bonds is 3. The molecule has 0 amide bonds. The maximum atomic E-state index is 2.32. The molecular weight excluding hydrogens is 110 g/mol. The van der Waals surface area contributed by atoms with Gasteiger partial charge in [-0.2, -0.15) is 0 Å². The average molecular weight is 129 g/mol. The summed E-state index contributed by atoms with van der Waals surface area (Å²) in [5, 5.41) is 0. The molecule has 0 heterocycles. The zero-order chi connectivity index (χ0) is 6.41. The van der Waals surface area contributed by atoms with Crippen molar-refractivity contribution in [2.75, 3.05) is 0 Å². The summed E-state index contributed by atoms with van der Waals surface area (Å²) < 4.78 is 0. The van der Waals surface area contributed by atoms with Gasteiger partial charge in [-0.1, -0.05) is 32.4 Å². The largest absolute Gasteiger partial charge is 0.344 e. The third-order valence-corrected chi connectivity index (χ3v) is 1.40. The van der Waals surface area contributed by atoms with Crippen LogP contribution in [0.5, 0.6) is 0 Å². The predicted octanol–water partition coefficient (Wildman–Crippen LogP) is 3.30. The Kier molecular flexibility index (Phi) is 9.83. The Morgan fingerprint density at radius 2 is 1.56 bits per heavy atom. The summed E-state index contributed by atoms with van der Waals surface area (Å²) in [6.45, 7) is 6.61. The molecule has 0 aliphatic heterocycles. The van der Waals surface area contributed by atoms with Crippen LogP contribution >= 0.6 is 0 Å². The zero-order valence-electron chi connectivity index (χ0n) is 6.91. The fraction of sp³-hybridized carbons (Fsp3) is 0.750. The standard InChI is InChI=1S/C8H16.H3N/c1-4-7-8(5-2)6-3;/h7H,4-6H2,1-3H3;1H3. The molecule has 0 saturated carbocycles. The summed E-state index contributed by atoms with van der Waals surface area (Å²) in [6, 6.07) is 0. The van der Waals surface area contributed by atoms with Gasteiger partial charge < -0.3 is 6.15 Å². The second-order valence-electron chi connectivity index (χ2n) is 1.98. The van der Waals surface area contributed by atoms with E-state index in [0.29, 0.717) is 0 Å². The molecule has 0 saturated heterocycles. The molecule has 0 aromatic carbocycles. The van der Waals surface area contributed by atoms with Gasteiger partial charge in [-0.25, -0.2) is 0 Å². The molecule has 3 N–H and O–H groups in total. The smallest absolute Gasteiger partial charge is 0.0349 e. The summed E-state index contributed by atoms with van der Waals surface area (Å²) in [7, 11) is 0. The second kappa shape index (κ2) is 7.70. The number of hydrogen-bond donors (Lipinski definition) is 1. The molecular formula is C8H19N. The van der Waals surface area contributed by atoms with Crippen molar-refractivity contribution < 1.29 is 0 Å². The summed E-state index contributed by atoms with van der Waals surface area (Å²) in [5.41, 5.74) is 1.59. The molecule has 0 rings (SSSR count). The van der Waals surface area contributed by atoms with Crippen molar-refractivity contribution in [3.8, 4) is 0 Å². The molecule has 0 atom stereocenters. The number of allylic oxidation sites excluding steroid dienone is 2. The van der Waals surface area contributed by atoms with Crippen molar-refractivity contribution in [1.82, 2.24) is 6.15 Å². The van der Waals surface area contributed by atoms with Gasteiger partial charge in [0.15, 0.2) is 0 Å². The van der Waals surface area contributed by atoms with E-state index in [2.05, 4.69) is 26.8 Å². The first-order chi connectivity index (χ1) is 3.85. The Morgan fingerprint density at radius 3 is 1.67 bits per heavy atom. The van der Waals surface area contributed by atoms with Gasteiger partial charge in [-0.3, -0.25) is 0 Å². The average Bonchev–Trinajstić information content (AvgIpc) is 1.83. The molecule has 1 heteroatoms. The van der Waals surface area contributed by atoms with Crippen molar-refractivity contribution in [3.63, 3.8) is 0 Å². The summed E-state index contributed by atoms with van der Waals surface area (Å²) in [6.07, 6.45) is 5.96. The molecule has 9 heavy (non-hydrogen) atoms. The Labute approximate surface area is 58.7 Å². The van der Waals surface area contributed by atoms with Gasteiger partial charge in [0.05, 0.1) is 0 Å². The van der Waals surface area contributed by atoms with Gasteiger partial charge in [0.1, 0.15) is 0 Å². The van der Waals surface area contributed by atoms with Crippen molar-refractivity contribution >= 4 is 0 Å². The van der Waals surface area contributed by atoms with Crippen LogP contribution in [0.1, 0.15) is 40.0 Å². The van der Waals surface area contributed by atoms with E-state index in [1.165, 1.54) is 19.3 Å². The molecule has 0 aliphatic carbocycles. The first-order valence-electron chi connectivity index (χ1n) is 3.53. The highest BCUT2D eigenvalue weighted by Gasteiger charge is 1.84. The van der Waals surface area contributed by atoms with E-state index in [4.69, 9.17) is 0 Å². The minimum atomic E-state index is 0. The predicted molar refractivity (Wildman–Crippen MR) is 44.0 cm³/mol. The van der Waals surface area contributed by atoms with E-state index in [0.717, 1.165) is 0 Å². The van der Waals surface area contributed by atoms with Crippen LogP contribution in [-0.4, -0.2) is 0 Å². The summed E-state index contributed by atoms with van der Waals surface area (Å²) >= 11 is 0. The number of hydrogen-bond acceptors (Lipinski definition) is 1.